The molecule has 3 rings (SSSR count). The fourth-order valence-electron chi connectivity index (χ4n) is 3.19. The van der Waals surface area contributed by atoms with Crippen LogP contribution in [0.2, 0.25) is 0 Å². The molecule has 19 heavy (non-hydrogen) atoms. The van der Waals surface area contributed by atoms with Crippen LogP contribution in [0.4, 0.5) is 0 Å². The van der Waals surface area contributed by atoms with Gasteiger partial charge in [0, 0.05) is 0 Å². The minimum atomic E-state index is 0.705. The van der Waals surface area contributed by atoms with Gasteiger partial charge in [0.2, 0.25) is 0 Å². The maximum atomic E-state index is 5.22. The molecule has 0 bridgehead atoms. The second kappa shape index (κ2) is 5.48. The molecule has 0 spiro atoms. The van der Waals surface area contributed by atoms with Gasteiger partial charge >= 0.3 is 0 Å². The molecule has 0 N–H and O–H groups in total. The summed E-state index contributed by atoms with van der Waals surface area (Å²) in [5, 5.41) is 0. The number of hydrogen-bond donors (Lipinski definition) is 0. The lowest BCUT2D eigenvalue weighted by molar-refractivity contribution is 0.414. The standard InChI is InChI=1S/C18H20O/c1-19-18-11-9-15(10-12-18)17-8-7-16(13-17)14-5-3-2-4-6-14/h2-6,9-12,16-17H,7-8,13H2,1H3/t16-,17-/m1/s1. The van der Waals surface area contributed by atoms with E-state index in [0.29, 0.717) is 5.92 Å². The van der Waals surface area contributed by atoms with Crippen molar-refractivity contribution in [2.45, 2.75) is 31.1 Å². The Hall–Kier alpha value is -1.76. The fourth-order valence-corrected chi connectivity index (χ4v) is 3.19. The van der Waals surface area contributed by atoms with Crippen LogP contribution in [0.3, 0.4) is 0 Å². The Morgan fingerprint density at radius 2 is 1.37 bits per heavy atom. The molecule has 0 radical (unpaired) electrons. The van der Waals surface area contributed by atoms with Crippen molar-refractivity contribution in [2.24, 2.45) is 0 Å². The van der Waals surface area contributed by atoms with Gasteiger partial charge in [-0.05, 0) is 54.4 Å². The normalized spacial score (nSPS) is 22.4. The number of hydrogen-bond acceptors (Lipinski definition) is 1. The second-order valence-electron chi connectivity index (χ2n) is 5.39. The van der Waals surface area contributed by atoms with Gasteiger partial charge in [0.15, 0.2) is 0 Å². The molecule has 0 amide bonds. The summed E-state index contributed by atoms with van der Waals surface area (Å²) in [7, 11) is 1.72. The zero-order valence-corrected chi connectivity index (χ0v) is 11.4. The van der Waals surface area contributed by atoms with Crippen molar-refractivity contribution in [1.29, 1.82) is 0 Å². The first-order valence-electron chi connectivity index (χ1n) is 7.05. The average molecular weight is 252 g/mol. The number of methoxy groups -OCH3 is 1. The first kappa shape index (κ1) is 12.3. The average Bonchev–Trinajstić information content (AvgIpc) is 2.98. The topological polar surface area (TPSA) is 9.23 Å². The predicted molar refractivity (Wildman–Crippen MR) is 78.8 cm³/mol. The highest BCUT2D eigenvalue weighted by Gasteiger charge is 2.26. The van der Waals surface area contributed by atoms with Crippen LogP contribution in [-0.2, 0) is 0 Å². The van der Waals surface area contributed by atoms with Gasteiger partial charge in [0.05, 0.1) is 7.11 Å². The van der Waals surface area contributed by atoms with E-state index in [-0.39, 0.29) is 0 Å². The van der Waals surface area contributed by atoms with Crippen LogP contribution in [-0.4, -0.2) is 7.11 Å². The highest BCUT2D eigenvalue weighted by atomic mass is 16.5. The molecule has 0 heterocycles. The van der Waals surface area contributed by atoms with Gasteiger partial charge in [0.1, 0.15) is 5.75 Å². The monoisotopic (exact) mass is 252 g/mol. The van der Waals surface area contributed by atoms with Crippen molar-refractivity contribution in [3.05, 3.63) is 65.7 Å². The van der Waals surface area contributed by atoms with Crippen LogP contribution in [0.1, 0.15) is 42.2 Å². The maximum Gasteiger partial charge on any atom is 0.118 e. The lowest BCUT2D eigenvalue weighted by atomic mass is 9.93. The Bertz CT molecular complexity index is 515. The molecular weight excluding hydrogens is 232 g/mol. The summed E-state index contributed by atoms with van der Waals surface area (Å²) in [6, 6.07) is 19.5. The minimum absolute atomic E-state index is 0.705. The van der Waals surface area contributed by atoms with Crippen LogP contribution < -0.4 is 4.74 Å². The van der Waals surface area contributed by atoms with E-state index in [2.05, 4.69) is 54.6 Å². The molecule has 2 atom stereocenters. The summed E-state index contributed by atoms with van der Waals surface area (Å²) in [4.78, 5) is 0. The summed E-state index contributed by atoms with van der Waals surface area (Å²) in [5.74, 6) is 2.38. The van der Waals surface area contributed by atoms with Gasteiger partial charge in [-0.2, -0.15) is 0 Å². The van der Waals surface area contributed by atoms with Crippen LogP contribution in [0.5, 0.6) is 5.75 Å². The molecule has 0 aromatic heterocycles. The van der Waals surface area contributed by atoms with Gasteiger partial charge in [-0.25, -0.2) is 0 Å². The largest absolute Gasteiger partial charge is 0.497 e. The quantitative estimate of drug-likeness (QED) is 0.766. The highest BCUT2D eigenvalue weighted by Crippen LogP contribution is 2.43. The summed E-state index contributed by atoms with van der Waals surface area (Å²) in [6.07, 6.45) is 3.88. The fraction of sp³-hybridized carbons (Fsp3) is 0.333. The van der Waals surface area contributed by atoms with E-state index in [0.717, 1.165) is 11.7 Å². The van der Waals surface area contributed by atoms with Crippen LogP contribution >= 0.6 is 0 Å². The van der Waals surface area contributed by atoms with Gasteiger partial charge in [-0.1, -0.05) is 42.5 Å². The maximum absolute atomic E-state index is 5.22. The minimum Gasteiger partial charge on any atom is -0.497 e. The van der Waals surface area contributed by atoms with Crippen molar-refractivity contribution < 1.29 is 4.74 Å². The first-order valence-corrected chi connectivity index (χ1v) is 7.05. The summed E-state index contributed by atoms with van der Waals surface area (Å²) in [6.45, 7) is 0. The second-order valence-corrected chi connectivity index (χ2v) is 5.39. The molecule has 2 aromatic rings. The van der Waals surface area contributed by atoms with Crippen molar-refractivity contribution in [3.63, 3.8) is 0 Å². The van der Waals surface area contributed by atoms with E-state index in [4.69, 9.17) is 4.74 Å². The molecular formula is C18H20O. The summed E-state index contributed by atoms with van der Waals surface area (Å²) in [5.41, 5.74) is 2.96. The van der Waals surface area contributed by atoms with Crippen molar-refractivity contribution in [1.82, 2.24) is 0 Å². The Labute approximate surface area is 115 Å². The molecule has 0 aliphatic heterocycles. The molecule has 0 saturated heterocycles. The molecule has 98 valence electrons. The zero-order valence-electron chi connectivity index (χ0n) is 11.4. The lowest BCUT2D eigenvalue weighted by Crippen LogP contribution is -1.95. The van der Waals surface area contributed by atoms with Crippen LogP contribution in [0.15, 0.2) is 54.6 Å². The van der Waals surface area contributed by atoms with E-state index in [1.807, 2.05) is 0 Å². The molecule has 1 aliphatic rings. The van der Waals surface area contributed by atoms with Crippen LogP contribution in [0.25, 0.3) is 0 Å². The molecule has 1 aliphatic carbocycles. The summed E-state index contributed by atoms with van der Waals surface area (Å²) >= 11 is 0. The molecule has 1 heteroatoms. The summed E-state index contributed by atoms with van der Waals surface area (Å²) < 4.78 is 5.22. The predicted octanol–water partition coefficient (Wildman–Crippen LogP) is 4.75. The van der Waals surface area contributed by atoms with Crippen molar-refractivity contribution >= 4 is 0 Å². The Morgan fingerprint density at radius 3 is 1.95 bits per heavy atom. The Balaban J connectivity index is 1.71. The number of ether oxygens (including phenoxy) is 1. The van der Waals surface area contributed by atoms with Crippen molar-refractivity contribution in [3.8, 4) is 5.75 Å². The van der Waals surface area contributed by atoms with E-state index in [1.165, 1.54) is 30.4 Å². The molecule has 1 fully saturated rings. The van der Waals surface area contributed by atoms with Crippen LogP contribution in [0, 0.1) is 0 Å². The van der Waals surface area contributed by atoms with Gasteiger partial charge < -0.3 is 4.74 Å². The van der Waals surface area contributed by atoms with E-state index < -0.39 is 0 Å². The third kappa shape index (κ3) is 2.65. The number of benzene rings is 2. The lowest BCUT2D eigenvalue weighted by Gasteiger charge is -2.12. The molecule has 1 nitrogen and oxygen atoms in total. The smallest absolute Gasteiger partial charge is 0.118 e. The van der Waals surface area contributed by atoms with E-state index >= 15 is 0 Å². The SMILES string of the molecule is COc1ccc([C@@H]2CC[C@@H](c3ccccc3)C2)cc1. The zero-order chi connectivity index (χ0) is 13.1. The molecule has 0 unspecified atom stereocenters. The third-order valence-electron chi connectivity index (χ3n) is 4.29. The van der Waals surface area contributed by atoms with Gasteiger partial charge in [-0.15, -0.1) is 0 Å². The highest BCUT2D eigenvalue weighted by molar-refractivity contribution is 5.31. The molecule has 2 aromatic carbocycles. The number of rotatable bonds is 3. The Morgan fingerprint density at radius 1 is 0.789 bits per heavy atom. The van der Waals surface area contributed by atoms with E-state index in [1.54, 1.807) is 7.11 Å². The Kier molecular flexibility index (Phi) is 3.54. The molecule has 1 saturated carbocycles. The first-order chi connectivity index (χ1) is 9.36. The van der Waals surface area contributed by atoms with Crippen molar-refractivity contribution in [2.75, 3.05) is 7.11 Å². The van der Waals surface area contributed by atoms with Gasteiger partial charge in [-0.3, -0.25) is 0 Å². The van der Waals surface area contributed by atoms with Gasteiger partial charge in [0.25, 0.3) is 0 Å². The third-order valence-corrected chi connectivity index (χ3v) is 4.29. The van der Waals surface area contributed by atoms with E-state index in [9.17, 15) is 0 Å².